The summed E-state index contributed by atoms with van der Waals surface area (Å²) in [5, 5.41) is 0.138. The van der Waals surface area contributed by atoms with E-state index in [2.05, 4.69) is 4.98 Å². The van der Waals surface area contributed by atoms with Crippen molar-refractivity contribution in [1.82, 2.24) is 8.96 Å². The van der Waals surface area contributed by atoms with Crippen LogP contribution >= 0.6 is 30.3 Å². The number of hydrogen-bond donors (Lipinski definition) is 0. The zero-order valence-corrected chi connectivity index (χ0v) is 12.4. The Morgan fingerprint density at radius 1 is 1.44 bits per heavy atom. The summed E-state index contributed by atoms with van der Waals surface area (Å²) < 4.78 is 45.5. The highest BCUT2D eigenvalue weighted by Crippen LogP contribution is 2.41. The Kier molecular flexibility index (Phi) is 3.67. The zero-order chi connectivity index (χ0) is 13.5. The Balaban J connectivity index is 2.90. The first-order chi connectivity index (χ1) is 8.40. The lowest BCUT2D eigenvalue weighted by molar-refractivity contribution is -0.136. The maximum Gasteiger partial charge on any atom is 0.418 e. The van der Waals surface area contributed by atoms with Crippen LogP contribution in [-0.2, 0) is 6.18 Å². The number of halogens is 4. The standard InChI is InChI=1S/C10H8F3IN2OS/c1-5-4-16(18-14)8-7(5)6(10(11,12)13)3-15-9(8)17-2/h3-4H,1-2H3. The summed E-state index contributed by atoms with van der Waals surface area (Å²) in [5.74, 6) is 0.190. The number of hydrogen-bond acceptors (Lipinski definition) is 3. The van der Waals surface area contributed by atoms with Crippen LogP contribution in [0.5, 0.6) is 5.88 Å². The maximum atomic E-state index is 12.9. The fourth-order valence-corrected chi connectivity index (χ4v) is 3.18. The van der Waals surface area contributed by atoms with Crippen molar-refractivity contribution >= 4 is 41.2 Å². The summed E-state index contributed by atoms with van der Waals surface area (Å²) in [4.78, 5) is 3.73. The molecule has 0 unspecified atom stereocenters. The van der Waals surface area contributed by atoms with Crippen LogP contribution in [0, 0.1) is 6.92 Å². The van der Waals surface area contributed by atoms with Crippen LogP contribution in [0.3, 0.4) is 0 Å². The Morgan fingerprint density at radius 2 is 2.11 bits per heavy atom. The molecule has 0 saturated carbocycles. The molecule has 0 fully saturated rings. The molecular weight excluding hydrogens is 380 g/mol. The SMILES string of the molecule is COc1ncc(C(F)(F)F)c2c(C)cn(SI)c12. The highest BCUT2D eigenvalue weighted by molar-refractivity contribution is 14.2. The van der Waals surface area contributed by atoms with Gasteiger partial charge in [0.05, 0.1) is 12.7 Å². The van der Waals surface area contributed by atoms with Crippen LogP contribution < -0.4 is 4.74 Å². The number of alkyl halides is 3. The van der Waals surface area contributed by atoms with Crippen molar-refractivity contribution in [3.05, 3.63) is 23.5 Å². The zero-order valence-electron chi connectivity index (χ0n) is 9.38. The molecule has 3 nitrogen and oxygen atoms in total. The second kappa shape index (κ2) is 4.80. The molecule has 18 heavy (non-hydrogen) atoms. The fraction of sp³-hybridized carbons (Fsp3) is 0.300. The monoisotopic (exact) mass is 388 g/mol. The molecule has 0 aromatic carbocycles. The second-order valence-corrected chi connectivity index (χ2v) is 5.32. The average Bonchev–Trinajstić information content (AvgIpc) is 2.64. The predicted octanol–water partition coefficient (Wildman–Crippen LogP) is 4.22. The Labute approximate surface area is 117 Å². The van der Waals surface area contributed by atoms with Crippen molar-refractivity contribution < 1.29 is 17.9 Å². The van der Waals surface area contributed by atoms with Crippen LogP contribution in [0.25, 0.3) is 10.9 Å². The minimum Gasteiger partial charge on any atom is -0.479 e. The van der Waals surface area contributed by atoms with Crippen LogP contribution in [0.4, 0.5) is 13.2 Å². The molecule has 0 aliphatic heterocycles. The van der Waals surface area contributed by atoms with Crippen LogP contribution in [0.1, 0.15) is 11.1 Å². The molecular formula is C10H8F3IN2OS. The van der Waals surface area contributed by atoms with E-state index in [1.54, 1.807) is 17.1 Å². The van der Waals surface area contributed by atoms with E-state index in [0.717, 1.165) is 6.20 Å². The van der Waals surface area contributed by atoms with E-state index in [4.69, 9.17) is 4.74 Å². The molecule has 2 aromatic rings. The highest BCUT2D eigenvalue weighted by atomic mass is 127. The molecule has 2 rings (SSSR count). The van der Waals surface area contributed by atoms with Crippen molar-refractivity contribution in [2.45, 2.75) is 13.1 Å². The molecule has 0 atom stereocenters. The van der Waals surface area contributed by atoms with Gasteiger partial charge in [0, 0.05) is 48.1 Å². The minimum absolute atomic E-state index is 0.138. The molecule has 0 bridgehead atoms. The maximum absolute atomic E-state index is 12.9. The van der Waals surface area contributed by atoms with Crippen molar-refractivity contribution in [2.24, 2.45) is 0 Å². The number of nitrogens with zero attached hydrogens (tertiary/aromatic N) is 2. The first kappa shape index (κ1) is 13.8. The third kappa shape index (κ3) is 2.15. The summed E-state index contributed by atoms with van der Waals surface area (Å²) in [6.07, 6.45) is -1.97. The molecule has 0 spiro atoms. The summed E-state index contributed by atoms with van der Waals surface area (Å²) in [7, 11) is 2.66. The normalized spacial score (nSPS) is 12.1. The van der Waals surface area contributed by atoms with E-state index in [0.29, 0.717) is 11.1 Å². The summed E-state index contributed by atoms with van der Waals surface area (Å²) in [6, 6.07) is 0. The first-order valence-electron chi connectivity index (χ1n) is 4.81. The van der Waals surface area contributed by atoms with Crippen LogP contribution in [0.15, 0.2) is 12.4 Å². The van der Waals surface area contributed by atoms with E-state index >= 15 is 0 Å². The van der Waals surface area contributed by atoms with Gasteiger partial charge in [0.2, 0.25) is 5.88 Å². The minimum atomic E-state index is -4.43. The molecule has 2 heterocycles. The predicted molar refractivity (Wildman–Crippen MR) is 73.0 cm³/mol. The summed E-state index contributed by atoms with van der Waals surface area (Å²) in [6.45, 7) is 1.64. The van der Waals surface area contributed by atoms with Gasteiger partial charge in [-0.3, -0.25) is 3.97 Å². The summed E-state index contributed by atoms with van der Waals surface area (Å²) in [5.41, 5.74) is 0.159. The molecule has 0 saturated heterocycles. The van der Waals surface area contributed by atoms with E-state index in [1.807, 2.05) is 21.2 Å². The smallest absolute Gasteiger partial charge is 0.418 e. The van der Waals surface area contributed by atoms with Crippen LogP contribution in [-0.4, -0.2) is 16.1 Å². The van der Waals surface area contributed by atoms with E-state index < -0.39 is 11.7 Å². The molecule has 0 N–H and O–H groups in total. The number of aromatic nitrogens is 2. The van der Waals surface area contributed by atoms with Gasteiger partial charge >= 0.3 is 6.18 Å². The average molecular weight is 388 g/mol. The molecule has 98 valence electrons. The number of rotatable bonds is 2. The number of pyridine rings is 1. The lowest BCUT2D eigenvalue weighted by Crippen LogP contribution is -2.07. The van der Waals surface area contributed by atoms with Gasteiger partial charge in [-0.15, -0.1) is 0 Å². The van der Waals surface area contributed by atoms with Gasteiger partial charge in [-0.25, -0.2) is 4.98 Å². The third-order valence-corrected chi connectivity index (χ3v) is 4.23. The van der Waals surface area contributed by atoms with E-state index in [-0.39, 0.29) is 11.3 Å². The van der Waals surface area contributed by atoms with Crippen molar-refractivity contribution in [3.63, 3.8) is 0 Å². The molecule has 0 aliphatic carbocycles. The van der Waals surface area contributed by atoms with Gasteiger partial charge < -0.3 is 4.74 Å². The van der Waals surface area contributed by atoms with Gasteiger partial charge in [-0.1, -0.05) is 0 Å². The number of ether oxygens (including phenoxy) is 1. The van der Waals surface area contributed by atoms with E-state index in [9.17, 15) is 13.2 Å². The quantitative estimate of drug-likeness (QED) is 0.722. The Hall–Kier alpha value is -0.640. The number of methoxy groups -OCH3 is 1. The van der Waals surface area contributed by atoms with Gasteiger partial charge in [0.1, 0.15) is 5.52 Å². The molecule has 2 aromatic heterocycles. The molecule has 0 radical (unpaired) electrons. The first-order valence-corrected chi connectivity index (χ1v) is 8.12. The van der Waals surface area contributed by atoms with Gasteiger partial charge in [0.25, 0.3) is 0 Å². The van der Waals surface area contributed by atoms with Crippen molar-refractivity contribution in [1.29, 1.82) is 0 Å². The lowest BCUT2D eigenvalue weighted by atomic mass is 10.1. The fourth-order valence-electron chi connectivity index (χ4n) is 1.81. The lowest BCUT2D eigenvalue weighted by Gasteiger charge is -2.11. The van der Waals surface area contributed by atoms with Crippen molar-refractivity contribution in [2.75, 3.05) is 7.11 Å². The molecule has 8 heteroatoms. The largest absolute Gasteiger partial charge is 0.479 e. The van der Waals surface area contributed by atoms with Gasteiger partial charge in [0.15, 0.2) is 0 Å². The van der Waals surface area contributed by atoms with Gasteiger partial charge in [-0.2, -0.15) is 13.2 Å². The Morgan fingerprint density at radius 3 is 2.61 bits per heavy atom. The number of aryl methyl sites for hydroxylation is 1. The number of fused-ring (bicyclic) bond motifs is 1. The third-order valence-electron chi connectivity index (χ3n) is 2.52. The highest BCUT2D eigenvalue weighted by Gasteiger charge is 2.35. The second-order valence-electron chi connectivity index (χ2n) is 3.61. The van der Waals surface area contributed by atoms with Gasteiger partial charge in [-0.05, 0) is 12.5 Å². The summed E-state index contributed by atoms with van der Waals surface area (Å²) >= 11 is 2.00. The topological polar surface area (TPSA) is 27.1 Å². The van der Waals surface area contributed by atoms with Crippen molar-refractivity contribution in [3.8, 4) is 5.88 Å². The molecule has 0 amide bonds. The molecule has 0 aliphatic rings. The van der Waals surface area contributed by atoms with Crippen LogP contribution in [0.2, 0.25) is 0 Å². The Bertz CT molecular complexity index is 597. The van der Waals surface area contributed by atoms with E-state index in [1.165, 1.54) is 16.2 Å².